The van der Waals surface area contributed by atoms with Crippen molar-refractivity contribution in [2.24, 2.45) is 0 Å². The number of nitrogens with zero attached hydrogens (tertiary/aromatic N) is 1. The van der Waals surface area contributed by atoms with Crippen LogP contribution >= 0.6 is 15.9 Å². The van der Waals surface area contributed by atoms with Gasteiger partial charge < -0.3 is 5.11 Å². The average Bonchev–Trinajstić information content (AvgIpc) is 2.37. The van der Waals surface area contributed by atoms with E-state index in [4.69, 9.17) is 0 Å². The van der Waals surface area contributed by atoms with Crippen molar-refractivity contribution in [3.8, 4) is 0 Å². The fraction of sp³-hybridized carbons (Fsp3) is 0.154. The number of halogens is 5. The number of hydrogen-bond donors (Lipinski definition) is 1. The highest BCUT2D eigenvalue weighted by Gasteiger charge is 2.32. The molecule has 1 heterocycles. The maximum absolute atomic E-state index is 13.5. The molecule has 20 heavy (non-hydrogen) atoms. The van der Waals surface area contributed by atoms with Crippen LogP contribution in [0.15, 0.2) is 41.1 Å². The number of benzene rings is 1. The number of hydrogen-bond acceptors (Lipinski definition) is 2. The number of aromatic nitrogens is 1. The Hall–Kier alpha value is -1.47. The Labute approximate surface area is 120 Å². The smallest absolute Gasteiger partial charge is 0.384 e. The molecule has 1 unspecified atom stereocenters. The first-order chi connectivity index (χ1) is 9.30. The van der Waals surface area contributed by atoms with E-state index in [9.17, 15) is 22.7 Å². The lowest BCUT2D eigenvalue weighted by molar-refractivity contribution is -0.137. The van der Waals surface area contributed by atoms with Gasteiger partial charge in [0.05, 0.1) is 11.8 Å². The summed E-state index contributed by atoms with van der Waals surface area (Å²) < 4.78 is 51.8. The van der Waals surface area contributed by atoms with Crippen molar-refractivity contribution < 1.29 is 22.7 Å². The maximum atomic E-state index is 13.5. The minimum Gasteiger partial charge on any atom is -0.384 e. The standard InChI is InChI=1S/C13H8BrF4NO/c14-10-2-1-7(13(16,17)18)5-9(10)12(20)8-3-4-19-6-11(8)15/h1-6,12,20H. The summed E-state index contributed by atoms with van der Waals surface area (Å²) in [5.74, 6) is -0.788. The van der Waals surface area contributed by atoms with E-state index in [1.165, 1.54) is 18.3 Å². The van der Waals surface area contributed by atoms with Crippen molar-refractivity contribution in [1.82, 2.24) is 4.98 Å². The average molecular weight is 350 g/mol. The number of aliphatic hydroxyl groups excluding tert-OH is 1. The van der Waals surface area contributed by atoms with Gasteiger partial charge in [-0.25, -0.2) is 4.39 Å². The van der Waals surface area contributed by atoms with Crippen LogP contribution in [0.3, 0.4) is 0 Å². The predicted octanol–water partition coefficient (Wildman–Crippen LogP) is 4.08. The highest BCUT2D eigenvalue weighted by molar-refractivity contribution is 9.10. The van der Waals surface area contributed by atoms with Gasteiger partial charge in [-0.3, -0.25) is 4.98 Å². The van der Waals surface area contributed by atoms with E-state index in [-0.39, 0.29) is 15.6 Å². The van der Waals surface area contributed by atoms with Crippen LogP contribution in [-0.4, -0.2) is 10.1 Å². The van der Waals surface area contributed by atoms with Crippen molar-refractivity contribution >= 4 is 15.9 Å². The van der Waals surface area contributed by atoms with Crippen LogP contribution in [0, 0.1) is 5.82 Å². The molecule has 1 N–H and O–H groups in total. The van der Waals surface area contributed by atoms with Gasteiger partial charge in [-0.1, -0.05) is 15.9 Å². The van der Waals surface area contributed by atoms with Gasteiger partial charge in [0.1, 0.15) is 11.9 Å². The summed E-state index contributed by atoms with van der Waals surface area (Å²) in [4.78, 5) is 3.52. The molecule has 0 spiro atoms. The van der Waals surface area contributed by atoms with Gasteiger partial charge in [0, 0.05) is 16.2 Å². The van der Waals surface area contributed by atoms with Crippen LogP contribution in [-0.2, 0) is 6.18 Å². The van der Waals surface area contributed by atoms with Gasteiger partial charge in [-0.2, -0.15) is 13.2 Å². The summed E-state index contributed by atoms with van der Waals surface area (Å²) in [5.41, 5.74) is -1.12. The molecule has 0 saturated heterocycles. The summed E-state index contributed by atoms with van der Waals surface area (Å²) in [6.45, 7) is 0. The predicted molar refractivity (Wildman–Crippen MR) is 67.4 cm³/mol. The van der Waals surface area contributed by atoms with Gasteiger partial charge in [-0.05, 0) is 29.8 Å². The SMILES string of the molecule is OC(c1ccncc1F)c1cc(C(F)(F)F)ccc1Br. The van der Waals surface area contributed by atoms with E-state index in [1.54, 1.807) is 0 Å². The molecule has 0 saturated carbocycles. The molecule has 0 bridgehead atoms. The van der Waals surface area contributed by atoms with Crippen LogP contribution < -0.4 is 0 Å². The lowest BCUT2D eigenvalue weighted by Gasteiger charge is -2.16. The summed E-state index contributed by atoms with van der Waals surface area (Å²) in [6, 6.07) is 4.05. The van der Waals surface area contributed by atoms with Crippen LogP contribution in [0.2, 0.25) is 0 Å². The Morgan fingerprint density at radius 3 is 2.45 bits per heavy atom. The Bertz CT molecular complexity index is 630. The Morgan fingerprint density at radius 1 is 1.15 bits per heavy atom. The quantitative estimate of drug-likeness (QED) is 0.828. The lowest BCUT2D eigenvalue weighted by Crippen LogP contribution is -2.09. The molecule has 0 fully saturated rings. The van der Waals surface area contributed by atoms with Crippen molar-refractivity contribution in [1.29, 1.82) is 0 Å². The van der Waals surface area contributed by atoms with E-state index in [0.29, 0.717) is 0 Å². The molecule has 7 heteroatoms. The number of pyridine rings is 1. The van der Waals surface area contributed by atoms with E-state index >= 15 is 0 Å². The van der Waals surface area contributed by atoms with E-state index in [0.717, 1.165) is 18.3 Å². The molecule has 0 amide bonds. The first kappa shape index (κ1) is 14.9. The van der Waals surface area contributed by atoms with Crippen molar-refractivity contribution in [2.75, 3.05) is 0 Å². The molecule has 2 rings (SSSR count). The van der Waals surface area contributed by atoms with Crippen LogP contribution in [0.1, 0.15) is 22.8 Å². The first-order valence-corrected chi connectivity index (χ1v) is 6.24. The van der Waals surface area contributed by atoms with Gasteiger partial charge in [-0.15, -0.1) is 0 Å². The fourth-order valence-corrected chi connectivity index (χ4v) is 2.17. The molecule has 1 aromatic heterocycles. The third-order valence-corrected chi connectivity index (χ3v) is 3.44. The number of alkyl halides is 3. The minimum atomic E-state index is -4.54. The zero-order chi connectivity index (χ0) is 14.9. The molecule has 0 aliphatic carbocycles. The lowest BCUT2D eigenvalue weighted by atomic mass is 10.00. The summed E-state index contributed by atoms with van der Waals surface area (Å²) >= 11 is 3.05. The summed E-state index contributed by atoms with van der Waals surface area (Å²) in [5, 5.41) is 10.1. The molecule has 2 aromatic rings. The normalized spacial score (nSPS) is 13.3. The third-order valence-electron chi connectivity index (χ3n) is 2.72. The maximum Gasteiger partial charge on any atom is 0.416 e. The Balaban J connectivity index is 2.50. The molecule has 1 aromatic carbocycles. The number of rotatable bonds is 2. The number of aliphatic hydroxyl groups is 1. The largest absolute Gasteiger partial charge is 0.416 e. The third kappa shape index (κ3) is 2.99. The molecule has 2 nitrogen and oxygen atoms in total. The van der Waals surface area contributed by atoms with E-state index in [2.05, 4.69) is 20.9 Å². The first-order valence-electron chi connectivity index (χ1n) is 5.45. The Morgan fingerprint density at radius 2 is 1.85 bits per heavy atom. The van der Waals surface area contributed by atoms with Gasteiger partial charge in [0.2, 0.25) is 0 Å². The van der Waals surface area contributed by atoms with Crippen LogP contribution in [0.5, 0.6) is 0 Å². The van der Waals surface area contributed by atoms with Crippen LogP contribution in [0.25, 0.3) is 0 Å². The van der Waals surface area contributed by atoms with Gasteiger partial charge in [0.15, 0.2) is 0 Å². The zero-order valence-electron chi connectivity index (χ0n) is 9.83. The van der Waals surface area contributed by atoms with E-state index in [1.807, 2.05) is 0 Å². The monoisotopic (exact) mass is 349 g/mol. The molecular formula is C13H8BrF4NO. The zero-order valence-corrected chi connectivity index (χ0v) is 11.4. The molecule has 0 radical (unpaired) electrons. The fourth-order valence-electron chi connectivity index (χ4n) is 1.70. The van der Waals surface area contributed by atoms with Crippen molar-refractivity contribution in [2.45, 2.75) is 12.3 Å². The van der Waals surface area contributed by atoms with E-state index < -0.39 is 23.7 Å². The molecule has 0 aliphatic heterocycles. The topological polar surface area (TPSA) is 33.1 Å². The summed E-state index contributed by atoms with van der Waals surface area (Å²) in [6.07, 6.45) is -3.91. The highest BCUT2D eigenvalue weighted by atomic mass is 79.9. The molecular weight excluding hydrogens is 342 g/mol. The van der Waals surface area contributed by atoms with Crippen molar-refractivity contribution in [3.05, 3.63) is 63.6 Å². The van der Waals surface area contributed by atoms with Gasteiger partial charge >= 0.3 is 6.18 Å². The minimum absolute atomic E-state index is 0.0649. The molecule has 106 valence electrons. The second-order valence-electron chi connectivity index (χ2n) is 4.03. The molecule has 0 aliphatic rings. The Kier molecular flexibility index (Phi) is 4.10. The summed E-state index contributed by atoms with van der Waals surface area (Å²) in [7, 11) is 0. The van der Waals surface area contributed by atoms with Crippen LogP contribution in [0.4, 0.5) is 17.6 Å². The second kappa shape index (κ2) is 5.49. The van der Waals surface area contributed by atoms with Gasteiger partial charge in [0.25, 0.3) is 0 Å². The highest BCUT2D eigenvalue weighted by Crippen LogP contribution is 2.36. The second-order valence-corrected chi connectivity index (χ2v) is 4.89. The van der Waals surface area contributed by atoms with Crippen molar-refractivity contribution in [3.63, 3.8) is 0 Å². The molecule has 1 atom stereocenters.